The second kappa shape index (κ2) is 5.07. The average Bonchev–Trinajstić information content (AvgIpc) is 3.03. The molecule has 20 heavy (non-hydrogen) atoms. The van der Waals surface area contributed by atoms with Crippen LogP contribution < -0.4 is 4.90 Å². The zero-order valence-electron chi connectivity index (χ0n) is 11.2. The maximum absolute atomic E-state index is 13.7. The minimum absolute atomic E-state index is 0.108. The zero-order valence-corrected chi connectivity index (χ0v) is 11.2. The standard InChI is InChI=1S/C13H15FN2O4/c1-7-3-8(7)6-15(2)11-5-10(14)9(13(17)18)4-12(11)16(19)20/h4-5,7-8H,3,6H2,1-2H3,(H,17,18). The monoisotopic (exact) mass is 282 g/mol. The van der Waals surface area contributed by atoms with Crippen molar-refractivity contribution in [3.8, 4) is 0 Å². The van der Waals surface area contributed by atoms with E-state index in [2.05, 4.69) is 6.92 Å². The smallest absolute Gasteiger partial charge is 0.338 e. The summed E-state index contributed by atoms with van der Waals surface area (Å²) in [6.07, 6.45) is 1.05. The van der Waals surface area contributed by atoms with Crippen LogP contribution in [-0.4, -0.2) is 29.6 Å². The van der Waals surface area contributed by atoms with Crippen molar-refractivity contribution in [1.29, 1.82) is 0 Å². The van der Waals surface area contributed by atoms with Crippen molar-refractivity contribution in [2.24, 2.45) is 11.8 Å². The zero-order chi connectivity index (χ0) is 15.0. The SMILES string of the molecule is CC1CC1CN(C)c1cc(F)c(C(=O)O)cc1[N+](=O)[O-]. The van der Waals surface area contributed by atoms with Crippen molar-refractivity contribution in [2.45, 2.75) is 13.3 Å². The first-order valence-corrected chi connectivity index (χ1v) is 6.23. The van der Waals surface area contributed by atoms with Crippen LogP contribution in [-0.2, 0) is 0 Å². The third kappa shape index (κ3) is 2.71. The lowest BCUT2D eigenvalue weighted by Crippen LogP contribution is -2.22. The molecule has 1 aliphatic rings. The summed E-state index contributed by atoms with van der Waals surface area (Å²) in [5.74, 6) is -1.47. The molecule has 1 saturated carbocycles. The van der Waals surface area contributed by atoms with Crippen LogP contribution in [0.15, 0.2) is 12.1 Å². The minimum atomic E-state index is -1.52. The van der Waals surface area contributed by atoms with Gasteiger partial charge < -0.3 is 10.0 Å². The minimum Gasteiger partial charge on any atom is -0.478 e. The highest BCUT2D eigenvalue weighted by molar-refractivity contribution is 5.90. The number of benzene rings is 1. The molecule has 6 nitrogen and oxygen atoms in total. The summed E-state index contributed by atoms with van der Waals surface area (Å²) in [7, 11) is 1.65. The van der Waals surface area contributed by atoms with Gasteiger partial charge in [-0.15, -0.1) is 0 Å². The third-order valence-electron chi connectivity index (χ3n) is 3.69. The number of carbonyl (C=O) groups is 1. The fraction of sp³-hybridized carbons (Fsp3) is 0.462. The molecule has 0 bridgehead atoms. The number of rotatable bonds is 5. The van der Waals surface area contributed by atoms with Gasteiger partial charge in [-0.1, -0.05) is 6.92 Å². The lowest BCUT2D eigenvalue weighted by atomic mass is 10.1. The second-order valence-electron chi connectivity index (χ2n) is 5.24. The molecule has 2 atom stereocenters. The Hall–Kier alpha value is -2.18. The van der Waals surface area contributed by atoms with Crippen molar-refractivity contribution in [3.05, 3.63) is 33.6 Å². The number of carboxylic acid groups (broad SMARTS) is 1. The first-order valence-electron chi connectivity index (χ1n) is 6.23. The van der Waals surface area contributed by atoms with Gasteiger partial charge in [0.2, 0.25) is 0 Å². The normalized spacial score (nSPS) is 20.6. The number of nitro groups is 1. The maximum atomic E-state index is 13.7. The van der Waals surface area contributed by atoms with Crippen LogP contribution in [0.5, 0.6) is 0 Å². The topological polar surface area (TPSA) is 83.7 Å². The molecular formula is C13H15FN2O4. The van der Waals surface area contributed by atoms with E-state index in [-0.39, 0.29) is 11.4 Å². The maximum Gasteiger partial charge on any atom is 0.338 e. The molecule has 1 aromatic rings. The molecule has 0 radical (unpaired) electrons. The summed E-state index contributed by atoms with van der Waals surface area (Å²) in [4.78, 5) is 22.8. The molecule has 0 spiro atoms. The van der Waals surface area contributed by atoms with Gasteiger partial charge in [0, 0.05) is 25.7 Å². The molecule has 2 rings (SSSR count). The second-order valence-corrected chi connectivity index (χ2v) is 5.24. The average molecular weight is 282 g/mol. The van der Waals surface area contributed by atoms with E-state index in [1.165, 1.54) is 0 Å². The molecule has 7 heteroatoms. The molecule has 0 amide bonds. The molecule has 1 aliphatic carbocycles. The number of hydrogen-bond acceptors (Lipinski definition) is 4. The summed E-state index contributed by atoms with van der Waals surface area (Å²) >= 11 is 0. The quantitative estimate of drug-likeness (QED) is 0.662. The van der Waals surface area contributed by atoms with E-state index in [9.17, 15) is 19.3 Å². The van der Waals surface area contributed by atoms with Crippen LogP contribution in [0.1, 0.15) is 23.7 Å². The predicted octanol–water partition coefficient (Wildman–Crippen LogP) is 2.52. The number of aromatic carboxylic acids is 1. The Bertz CT molecular complexity index is 576. The summed E-state index contributed by atoms with van der Waals surface area (Å²) in [5.41, 5.74) is -0.968. The molecule has 1 N–H and O–H groups in total. The Labute approximate surface area is 115 Å². The Morgan fingerprint density at radius 1 is 1.60 bits per heavy atom. The Kier molecular flexibility index (Phi) is 3.61. The van der Waals surface area contributed by atoms with Crippen LogP contribution in [0.25, 0.3) is 0 Å². The third-order valence-corrected chi connectivity index (χ3v) is 3.69. The summed E-state index contributed by atoms with van der Waals surface area (Å²) in [6.45, 7) is 2.68. The van der Waals surface area contributed by atoms with Crippen molar-refractivity contribution < 1.29 is 19.2 Å². The van der Waals surface area contributed by atoms with Gasteiger partial charge in [0.25, 0.3) is 5.69 Å². The van der Waals surface area contributed by atoms with E-state index in [1.54, 1.807) is 11.9 Å². The number of anilines is 1. The van der Waals surface area contributed by atoms with E-state index in [0.29, 0.717) is 18.4 Å². The molecule has 1 fully saturated rings. The molecule has 0 saturated heterocycles. The van der Waals surface area contributed by atoms with Crippen LogP contribution in [0, 0.1) is 27.8 Å². The Balaban J connectivity index is 2.37. The van der Waals surface area contributed by atoms with Gasteiger partial charge in [-0.05, 0) is 18.3 Å². The van der Waals surface area contributed by atoms with E-state index in [0.717, 1.165) is 18.6 Å². The van der Waals surface area contributed by atoms with Gasteiger partial charge >= 0.3 is 5.97 Å². The highest BCUT2D eigenvalue weighted by atomic mass is 19.1. The Morgan fingerprint density at radius 3 is 2.65 bits per heavy atom. The van der Waals surface area contributed by atoms with Gasteiger partial charge in [0.1, 0.15) is 17.1 Å². The van der Waals surface area contributed by atoms with Gasteiger partial charge in [-0.2, -0.15) is 0 Å². The molecule has 108 valence electrons. The summed E-state index contributed by atoms with van der Waals surface area (Å²) in [6, 6.07) is 1.70. The summed E-state index contributed by atoms with van der Waals surface area (Å²) in [5, 5.41) is 19.9. The van der Waals surface area contributed by atoms with Crippen LogP contribution in [0.4, 0.5) is 15.8 Å². The molecule has 0 aromatic heterocycles. The van der Waals surface area contributed by atoms with Crippen LogP contribution in [0.2, 0.25) is 0 Å². The van der Waals surface area contributed by atoms with Crippen molar-refractivity contribution in [3.63, 3.8) is 0 Å². The summed E-state index contributed by atoms with van der Waals surface area (Å²) < 4.78 is 13.7. The van der Waals surface area contributed by atoms with Gasteiger partial charge in [-0.3, -0.25) is 10.1 Å². The highest BCUT2D eigenvalue weighted by Crippen LogP contribution is 2.40. The van der Waals surface area contributed by atoms with Crippen LogP contribution >= 0.6 is 0 Å². The molecule has 2 unspecified atom stereocenters. The fourth-order valence-electron chi connectivity index (χ4n) is 2.27. The number of hydrogen-bond donors (Lipinski definition) is 1. The first-order chi connectivity index (χ1) is 9.31. The van der Waals surface area contributed by atoms with Crippen molar-refractivity contribution >= 4 is 17.3 Å². The highest BCUT2D eigenvalue weighted by Gasteiger charge is 2.34. The lowest BCUT2D eigenvalue weighted by Gasteiger charge is -2.19. The lowest BCUT2D eigenvalue weighted by molar-refractivity contribution is -0.384. The number of carboxylic acids is 1. The first kappa shape index (κ1) is 14.2. The molecule has 0 aliphatic heterocycles. The van der Waals surface area contributed by atoms with Crippen molar-refractivity contribution in [2.75, 3.05) is 18.5 Å². The van der Waals surface area contributed by atoms with Gasteiger partial charge in [-0.25, -0.2) is 9.18 Å². The molecule has 1 aromatic carbocycles. The number of nitrogens with zero attached hydrogens (tertiary/aromatic N) is 2. The van der Waals surface area contributed by atoms with E-state index >= 15 is 0 Å². The Morgan fingerprint density at radius 2 is 2.20 bits per heavy atom. The van der Waals surface area contributed by atoms with E-state index in [4.69, 9.17) is 5.11 Å². The van der Waals surface area contributed by atoms with E-state index in [1.807, 2.05) is 0 Å². The van der Waals surface area contributed by atoms with E-state index < -0.39 is 22.3 Å². The van der Waals surface area contributed by atoms with Crippen molar-refractivity contribution in [1.82, 2.24) is 0 Å². The number of nitro benzene ring substituents is 1. The van der Waals surface area contributed by atoms with Gasteiger partial charge in [0.05, 0.1) is 4.92 Å². The predicted molar refractivity (Wildman–Crippen MR) is 70.6 cm³/mol. The van der Waals surface area contributed by atoms with Gasteiger partial charge in [0.15, 0.2) is 0 Å². The fourth-order valence-corrected chi connectivity index (χ4v) is 2.27. The molecule has 0 heterocycles. The number of halogens is 1. The molecular weight excluding hydrogens is 267 g/mol. The largest absolute Gasteiger partial charge is 0.478 e. The van der Waals surface area contributed by atoms with Crippen LogP contribution in [0.3, 0.4) is 0 Å².